The number of ether oxygens (including phenoxy) is 1. The largest absolute Gasteiger partial charge is 0.489 e. The van der Waals surface area contributed by atoms with E-state index in [0.717, 1.165) is 11.1 Å². The van der Waals surface area contributed by atoms with Crippen molar-refractivity contribution in [3.63, 3.8) is 0 Å². The van der Waals surface area contributed by atoms with E-state index in [1.54, 1.807) is 42.5 Å². The molecule has 3 aromatic rings. The van der Waals surface area contributed by atoms with Crippen LogP contribution in [0.5, 0.6) is 5.75 Å². The van der Waals surface area contributed by atoms with Gasteiger partial charge in [-0.05, 0) is 48.0 Å². The Morgan fingerprint density at radius 1 is 0.966 bits per heavy atom. The van der Waals surface area contributed by atoms with E-state index in [1.165, 1.54) is 12.1 Å². The molecule has 150 valence electrons. The minimum Gasteiger partial charge on any atom is -0.489 e. The first-order valence-electron chi connectivity index (χ1n) is 8.80. The van der Waals surface area contributed by atoms with E-state index in [4.69, 9.17) is 33.0 Å². The Hall–Kier alpha value is -2.60. The maximum Gasteiger partial charge on any atom is 0.335 e. The van der Waals surface area contributed by atoms with Gasteiger partial charge in [-0.15, -0.1) is 0 Å². The van der Waals surface area contributed by atoms with Crippen LogP contribution in [0.4, 0.5) is 4.39 Å². The second kappa shape index (κ2) is 9.74. The molecular weight excluding hydrogens is 416 g/mol. The third-order valence-corrected chi connectivity index (χ3v) is 4.85. The van der Waals surface area contributed by atoms with E-state index in [2.05, 4.69) is 5.32 Å². The van der Waals surface area contributed by atoms with Gasteiger partial charge in [-0.3, -0.25) is 0 Å². The van der Waals surface area contributed by atoms with Gasteiger partial charge in [0, 0.05) is 29.2 Å². The summed E-state index contributed by atoms with van der Waals surface area (Å²) in [5.74, 6) is -0.707. The lowest BCUT2D eigenvalue weighted by Gasteiger charge is -2.14. The Morgan fingerprint density at radius 3 is 2.41 bits per heavy atom. The summed E-state index contributed by atoms with van der Waals surface area (Å²) in [5.41, 5.74) is 2.75. The van der Waals surface area contributed by atoms with Gasteiger partial charge in [-0.1, -0.05) is 41.4 Å². The van der Waals surface area contributed by atoms with Gasteiger partial charge in [0.25, 0.3) is 0 Å². The first-order chi connectivity index (χ1) is 13.9. The topological polar surface area (TPSA) is 58.6 Å². The number of benzene rings is 3. The fraction of sp³-hybridized carbons (Fsp3) is 0.136. The van der Waals surface area contributed by atoms with Crippen LogP contribution in [0.15, 0.2) is 60.7 Å². The summed E-state index contributed by atoms with van der Waals surface area (Å²) < 4.78 is 19.1. The molecule has 0 heterocycles. The number of carboxylic acids is 1. The Morgan fingerprint density at radius 2 is 1.72 bits per heavy atom. The predicted octanol–water partition coefficient (Wildman–Crippen LogP) is 5.70. The van der Waals surface area contributed by atoms with Crippen LogP contribution in [0.2, 0.25) is 10.0 Å². The van der Waals surface area contributed by atoms with Crippen LogP contribution in [-0.2, 0) is 19.7 Å². The number of carboxylic acid groups (broad SMARTS) is 1. The van der Waals surface area contributed by atoms with Crippen molar-refractivity contribution in [2.75, 3.05) is 0 Å². The third kappa shape index (κ3) is 5.94. The van der Waals surface area contributed by atoms with Crippen molar-refractivity contribution in [1.29, 1.82) is 0 Å². The van der Waals surface area contributed by atoms with E-state index in [9.17, 15) is 9.18 Å². The number of hydrogen-bond donors (Lipinski definition) is 2. The first-order valence-corrected chi connectivity index (χ1v) is 9.56. The molecule has 29 heavy (non-hydrogen) atoms. The van der Waals surface area contributed by atoms with Gasteiger partial charge in [0.2, 0.25) is 0 Å². The molecule has 0 unspecified atom stereocenters. The van der Waals surface area contributed by atoms with Crippen molar-refractivity contribution in [1.82, 2.24) is 5.32 Å². The van der Waals surface area contributed by atoms with E-state index in [-0.39, 0.29) is 12.2 Å². The molecule has 0 spiro atoms. The number of nitrogens with one attached hydrogen (secondary N) is 1. The highest BCUT2D eigenvalue weighted by Crippen LogP contribution is 2.25. The quantitative estimate of drug-likeness (QED) is 0.478. The van der Waals surface area contributed by atoms with Crippen molar-refractivity contribution < 1.29 is 19.0 Å². The normalized spacial score (nSPS) is 10.7. The Kier molecular flexibility index (Phi) is 7.09. The second-order valence-corrected chi connectivity index (χ2v) is 7.23. The smallest absolute Gasteiger partial charge is 0.335 e. The first kappa shape index (κ1) is 21.1. The molecule has 0 fully saturated rings. The molecule has 3 aromatic carbocycles. The number of carbonyl (C=O) groups is 1. The lowest BCUT2D eigenvalue weighted by Crippen LogP contribution is -2.14. The van der Waals surface area contributed by atoms with E-state index < -0.39 is 11.8 Å². The minimum absolute atomic E-state index is 0.199. The number of rotatable bonds is 8. The van der Waals surface area contributed by atoms with Gasteiger partial charge in [0.1, 0.15) is 18.2 Å². The second-order valence-electron chi connectivity index (χ2n) is 6.38. The van der Waals surface area contributed by atoms with Crippen molar-refractivity contribution in [2.24, 2.45) is 0 Å². The summed E-state index contributed by atoms with van der Waals surface area (Å²) in [5, 5.41) is 13.1. The number of aromatic carboxylic acids is 1. The van der Waals surface area contributed by atoms with Crippen molar-refractivity contribution >= 4 is 29.2 Å². The molecule has 0 aliphatic heterocycles. The molecule has 0 bridgehead atoms. The fourth-order valence-electron chi connectivity index (χ4n) is 2.73. The van der Waals surface area contributed by atoms with E-state index in [1.807, 2.05) is 6.07 Å². The predicted molar refractivity (Wildman–Crippen MR) is 111 cm³/mol. The minimum atomic E-state index is -0.952. The average Bonchev–Trinajstić information content (AvgIpc) is 2.69. The average molecular weight is 434 g/mol. The van der Waals surface area contributed by atoms with Gasteiger partial charge >= 0.3 is 5.97 Å². The lowest BCUT2D eigenvalue weighted by molar-refractivity contribution is 0.0697. The van der Waals surface area contributed by atoms with Gasteiger partial charge < -0.3 is 15.2 Å². The maximum atomic E-state index is 13.2. The van der Waals surface area contributed by atoms with Gasteiger partial charge in [0.15, 0.2) is 0 Å². The summed E-state index contributed by atoms with van der Waals surface area (Å²) in [6.07, 6.45) is 0. The zero-order chi connectivity index (χ0) is 20.8. The van der Waals surface area contributed by atoms with Crippen LogP contribution >= 0.6 is 23.2 Å². The fourth-order valence-corrected chi connectivity index (χ4v) is 3.14. The van der Waals surface area contributed by atoms with Crippen LogP contribution in [0.25, 0.3) is 0 Å². The van der Waals surface area contributed by atoms with Crippen molar-refractivity contribution in [3.8, 4) is 5.75 Å². The molecule has 2 N–H and O–H groups in total. The van der Waals surface area contributed by atoms with Crippen LogP contribution in [0.1, 0.15) is 27.0 Å². The van der Waals surface area contributed by atoms with Crippen LogP contribution < -0.4 is 10.1 Å². The summed E-state index contributed by atoms with van der Waals surface area (Å²) in [6, 6.07) is 16.2. The maximum absolute atomic E-state index is 13.2. The highest BCUT2D eigenvalue weighted by molar-refractivity contribution is 6.31. The Bertz CT molecular complexity index is 1010. The standard InChI is InChI=1S/C22H18Cl2FNO3/c23-18-6-8-21(29-13-16-5-7-19(25)10-20(16)24)17(9-18)12-26-11-14-1-3-15(4-2-14)22(27)28/h1-10,26H,11-13H2,(H,27,28). The van der Waals surface area contributed by atoms with Crippen molar-refractivity contribution in [2.45, 2.75) is 19.7 Å². The number of hydrogen-bond acceptors (Lipinski definition) is 3. The van der Waals surface area contributed by atoms with Crippen molar-refractivity contribution in [3.05, 3.63) is 98.8 Å². The Labute approximate surface area is 177 Å². The third-order valence-electron chi connectivity index (χ3n) is 4.27. The number of halogens is 3. The van der Waals surface area contributed by atoms with Crippen LogP contribution in [-0.4, -0.2) is 11.1 Å². The van der Waals surface area contributed by atoms with Gasteiger partial charge in [0.05, 0.1) is 10.6 Å². The lowest BCUT2D eigenvalue weighted by atomic mass is 10.1. The monoisotopic (exact) mass is 433 g/mol. The summed E-state index contributed by atoms with van der Waals surface area (Å²) in [4.78, 5) is 10.9. The summed E-state index contributed by atoms with van der Waals surface area (Å²) in [6.45, 7) is 1.24. The summed E-state index contributed by atoms with van der Waals surface area (Å²) >= 11 is 12.2. The van der Waals surface area contributed by atoms with Gasteiger partial charge in [-0.2, -0.15) is 0 Å². The summed E-state index contributed by atoms with van der Waals surface area (Å²) in [7, 11) is 0. The SMILES string of the molecule is O=C(O)c1ccc(CNCc2cc(Cl)ccc2OCc2ccc(F)cc2Cl)cc1. The molecule has 7 heteroatoms. The van der Waals surface area contributed by atoms with Crippen LogP contribution in [0, 0.1) is 5.82 Å². The molecule has 0 aliphatic carbocycles. The Balaban J connectivity index is 1.63. The molecule has 0 saturated carbocycles. The zero-order valence-electron chi connectivity index (χ0n) is 15.3. The molecule has 0 aromatic heterocycles. The van der Waals surface area contributed by atoms with E-state index >= 15 is 0 Å². The highest BCUT2D eigenvalue weighted by Gasteiger charge is 2.08. The molecule has 3 rings (SSSR count). The molecule has 0 amide bonds. The highest BCUT2D eigenvalue weighted by atomic mass is 35.5. The zero-order valence-corrected chi connectivity index (χ0v) is 16.8. The van der Waals surface area contributed by atoms with Gasteiger partial charge in [-0.25, -0.2) is 9.18 Å². The molecule has 0 radical (unpaired) electrons. The molecular formula is C22H18Cl2FNO3. The molecule has 0 saturated heterocycles. The molecule has 0 aliphatic rings. The van der Waals surface area contributed by atoms with Crippen LogP contribution in [0.3, 0.4) is 0 Å². The molecule has 0 atom stereocenters. The van der Waals surface area contributed by atoms with E-state index in [0.29, 0.717) is 34.4 Å². The molecule has 4 nitrogen and oxygen atoms in total.